The summed E-state index contributed by atoms with van der Waals surface area (Å²) in [5.41, 5.74) is 6.56. The summed E-state index contributed by atoms with van der Waals surface area (Å²) >= 11 is 0. The topological polar surface area (TPSA) is 81.7 Å². The summed E-state index contributed by atoms with van der Waals surface area (Å²) in [4.78, 5) is 8.24. The highest BCUT2D eigenvalue weighted by molar-refractivity contribution is 5.68. The van der Waals surface area contributed by atoms with Crippen LogP contribution in [0.25, 0.3) is 5.82 Å². The van der Waals surface area contributed by atoms with Gasteiger partial charge in [-0.2, -0.15) is 18.3 Å². The lowest BCUT2D eigenvalue weighted by molar-refractivity contribution is -0.137. The van der Waals surface area contributed by atoms with Crippen molar-refractivity contribution in [2.75, 3.05) is 17.6 Å². The molecule has 0 saturated heterocycles. The van der Waals surface area contributed by atoms with E-state index in [0.717, 1.165) is 17.7 Å². The second-order valence-corrected chi connectivity index (χ2v) is 5.81. The molecule has 9 heteroatoms. The summed E-state index contributed by atoms with van der Waals surface area (Å²) in [6, 6.07) is 6.88. The number of alkyl halides is 3. The number of nitrogen functional groups attached to an aromatic ring is 1. The van der Waals surface area contributed by atoms with E-state index in [1.807, 2.05) is 6.92 Å². The van der Waals surface area contributed by atoms with Gasteiger partial charge in [0, 0.05) is 18.9 Å². The molecule has 0 aliphatic heterocycles. The average Bonchev–Trinajstić information content (AvgIpc) is 3.14. The van der Waals surface area contributed by atoms with Crippen LogP contribution >= 0.6 is 0 Å². The van der Waals surface area contributed by atoms with Crippen LogP contribution in [0.5, 0.6) is 0 Å². The van der Waals surface area contributed by atoms with Gasteiger partial charge in [0.25, 0.3) is 0 Å². The summed E-state index contributed by atoms with van der Waals surface area (Å²) in [6.45, 7) is 2.35. The fourth-order valence-electron chi connectivity index (χ4n) is 2.47. The van der Waals surface area contributed by atoms with Gasteiger partial charge in [0.2, 0.25) is 0 Å². The molecule has 0 fully saturated rings. The van der Waals surface area contributed by atoms with Crippen LogP contribution in [0.15, 0.2) is 49.1 Å². The molecule has 0 radical (unpaired) electrons. The van der Waals surface area contributed by atoms with Gasteiger partial charge in [0.15, 0.2) is 11.6 Å². The standard InChI is InChI=1S/C17H17F3N6/c1-11(12-3-5-13(6-4-12)17(18,19)20)9-22-15-14(21)16(24-10-23-15)26-8-2-7-25-26/h2-8,10-11H,9,21H2,1H3,(H,22,23,24). The predicted molar refractivity (Wildman–Crippen MR) is 91.9 cm³/mol. The lowest BCUT2D eigenvalue weighted by atomic mass is 9.99. The highest BCUT2D eigenvalue weighted by atomic mass is 19.4. The van der Waals surface area contributed by atoms with Gasteiger partial charge < -0.3 is 11.1 Å². The first kappa shape index (κ1) is 17.7. The molecule has 2 heterocycles. The van der Waals surface area contributed by atoms with Gasteiger partial charge in [-0.25, -0.2) is 14.6 Å². The van der Waals surface area contributed by atoms with Gasteiger partial charge in [-0.1, -0.05) is 19.1 Å². The first-order valence-electron chi connectivity index (χ1n) is 7.88. The Bertz CT molecular complexity index is 859. The Hall–Kier alpha value is -3.10. The molecule has 0 aliphatic carbocycles. The molecule has 3 aromatic rings. The quantitative estimate of drug-likeness (QED) is 0.726. The van der Waals surface area contributed by atoms with Crippen LogP contribution in [-0.2, 0) is 6.18 Å². The van der Waals surface area contributed by atoms with Crippen molar-refractivity contribution in [3.8, 4) is 5.82 Å². The Labute approximate surface area is 147 Å². The third-order valence-electron chi connectivity index (χ3n) is 3.97. The number of rotatable bonds is 5. The van der Waals surface area contributed by atoms with Crippen LogP contribution in [-0.4, -0.2) is 26.3 Å². The Balaban J connectivity index is 1.70. The van der Waals surface area contributed by atoms with Crippen LogP contribution in [0.3, 0.4) is 0 Å². The van der Waals surface area contributed by atoms with Gasteiger partial charge in [-0.3, -0.25) is 0 Å². The zero-order chi connectivity index (χ0) is 18.7. The van der Waals surface area contributed by atoms with Crippen molar-refractivity contribution >= 4 is 11.5 Å². The number of nitrogens with one attached hydrogen (secondary N) is 1. The smallest absolute Gasteiger partial charge is 0.393 e. The molecule has 0 spiro atoms. The van der Waals surface area contributed by atoms with Gasteiger partial charge in [0.1, 0.15) is 12.0 Å². The molecular formula is C17H17F3N6. The van der Waals surface area contributed by atoms with Crippen molar-refractivity contribution in [2.24, 2.45) is 0 Å². The van der Waals surface area contributed by atoms with Crippen molar-refractivity contribution in [1.82, 2.24) is 19.7 Å². The number of hydrogen-bond donors (Lipinski definition) is 2. The van der Waals surface area contributed by atoms with E-state index in [4.69, 9.17) is 5.73 Å². The highest BCUT2D eigenvalue weighted by Gasteiger charge is 2.30. The van der Waals surface area contributed by atoms with Crippen LogP contribution < -0.4 is 11.1 Å². The molecule has 26 heavy (non-hydrogen) atoms. The van der Waals surface area contributed by atoms with E-state index in [1.54, 1.807) is 18.5 Å². The SMILES string of the molecule is CC(CNc1ncnc(-n2cccn2)c1N)c1ccc(C(F)(F)F)cc1. The molecule has 3 rings (SSSR count). The molecule has 2 aromatic heterocycles. The number of benzene rings is 1. The minimum atomic E-state index is -4.33. The number of nitrogens with zero attached hydrogens (tertiary/aromatic N) is 4. The first-order valence-corrected chi connectivity index (χ1v) is 7.88. The molecule has 1 atom stereocenters. The lowest BCUT2D eigenvalue weighted by Crippen LogP contribution is -2.14. The van der Waals surface area contributed by atoms with Crippen LogP contribution in [0.2, 0.25) is 0 Å². The molecule has 0 aliphatic rings. The second-order valence-electron chi connectivity index (χ2n) is 5.81. The Morgan fingerprint density at radius 3 is 2.54 bits per heavy atom. The van der Waals surface area contributed by atoms with Crippen molar-refractivity contribution in [3.63, 3.8) is 0 Å². The molecule has 0 saturated carbocycles. The molecule has 3 N–H and O–H groups in total. The molecule has 1 unspecified atom stereocenters. The zero-order valence-electron chi connectivity index (χ0n) is 13.9. The van der Waals surface area contributed by atoms with Crippen LogP contribution in [0.4, 0.5) is 24.7 Å². The van der Waals surface area contributed by atoms with Gasteiger partial charge in [-0.05, 0) is 29.7 Å². The van der Waals surface area contributed by atoms with Gasteiger partial charge in [-0.15, -0.1) is 0 Å². The van der Waals surface area contributed by atoms with Crippen molar-refractivity contribution in [1.29, 1.82) is 0 Å². The molecule has 0 amide bonds. The number of hydrogen-bond acceptors (Lipinski definition) is 5. The first-order chi connectivity index (χ1) is 12.4. The lowest BCUT2D eigenvalue weighted by Gasteiger charge is -2.16. The van der Waals surface area contributed by atoms with Gasteiger partial charge >= 0.3 is 6.18 Å². The fraction of sp³-hybridized carbons (Fsp3) is 0.235. The largest absolute Gasteiger partial charge is 0.416 e. The highest BCUT2D eigenvalue weighted by Crippen LogP contribution is 2.30. The molecule has 136 valence electrons. The summed E-state index contributed by atoms with van der Waals surface area (Å²) in [5.74, 6) is 0.860. The van der Waals surface area contributed by atoms with E-state index in [1.165, 1.54) is 23.1 Å². The van der Waals surface area contributed by atoms with E-state index in [9.17, 15) is 13.2 Å². The maximum atomic E-state index is 12.6. The monoisotopic (exact) mass is 362 g/mol. The molecule has 0 bridgehead atoms. The maximum absolute atomic E-state index is 12.6. The third-order valence-corrected chi connectivity index (χ3v) is 3.97. The number of anilines is 2. The number of aromatic nitrogens is 4. The zero-order valence-corrected chi connectivity index (χ0v) is 13.9. The van der Waals surface area contributed by atoms with E-state index in [0.29, 0.717) is 23.9 Å². The summed E-state index contributed by atoms with van der Waals surface area (Å²) in [7, 11) is 0. The number of halogens is 3. The minimum absolute atomic E-state index is 0.0418. The molecular weight excluding hydrogens is 345 g/mol. The van der Waals surface area contributed by atoms with Crippen LogP contribution in [0.1, 0.15) is 24.0 Å². The van der Waals surface area contributed by atoms with Crippen molar-refractivity contribution < 1.29 is 13.2 Å². The van der Waals surface area contributed by atoms with E-state index in [2.05, 4.69) is 20.4 Å². The summed E-state index contributed by atoms with van der Waals surface area (Å²) in [5, 5.41) is 7.20. The van der Waals surface area contributed by atoms with Gasteiger partial charge in [0.05, 0.1) is 5.56 Å². The second kappa shape index (κ2) is 7.03. The van der Waals surface area contributed by atoms with Crippen molar-refractivity contribution in [2.45, 2.75) is 19.0 Å². The number of nitrogens with two attached hydrogens (primary N) is 1. The predicted octanol–water partition coefficient (Wildman–Crippen LogP) is 3.48. The molecule has 6 nitrogen and oxygen atoms in total. The molecule has 1 aromatic carbocycles. The Kier molecular flexibility index (Phi) is 4.79. The minimum Gasteiger partial charge on any atom is -0.393 e. The third kappa shape index (κ3) is 3.76. The fourth-order valence-corrected chi connectivity index (χ4v) is 2.47. The maximum Gasteiger partial charge on any atom is 0.416 e. The van der Waals surface area contributed by atoms with Crippen LogP contribution in [0, 0.1) is 0 Å². The Morgan fingerprint density at radius 1 is 1.19 bits per heavy atom. The summed E-state index contributed by atoms with van der Waals surface area (Å²) < 4.78 is 39.5. The normalized spacial score (nSPS) is 12.8. The van der Waals surface area contributed by atoms with E-state index in [-0.39, 0.29) is 5.92 Å². The van der Waals surface area contributed by atoms with E-state index < -0.39 is 11.7 Å². The van der Waals surface area contributed by atoms with E-state index >= 15 is 0 Å². The van der Waals surface area contributed by atoms with Crippen molar-refractivity contribution in [3.05, 3.63) is 60.2 Å². The Morgan fingerprint density at radius 2 is 1.92 bits per heavy atom. The summed E-state index contributed by atoms with van der Waals surface area (Å²) in [6.07, 6.45) is 0.367. The average molecular weight is 362 g/mol.